The third-order valence-electron chi connectivity index (χ3n) is 5.24. The molecule has 0 spiro atoms. The Bertz CT molecular complexity index is 1030. The molecule has 32 heavy (non-hydrogen) atoms. The van der Waals surface area contributed by atoms with Gasteiger partial charge in [-0.05, 0) is 40.8 Å². The maximum absolute atomic E-state index is 13.6. The fraction of sp³-hybridized carbons (Fsp3) is 0.308. The van der Waals surface area contributed by atoms with Crippen LogP contribution in [0.5, 0.6) is 17.2 Å². The molecular formula is C26H30N2O4. The molecule has 0 aliphatic heterocycles. The highest BCUT2D eigenvalue weighted by Gasteiger charge is 2.23. The molecule has 0 fully saturated rings. The van der Waals surface area contributed by atoms with Crippen molar-refractivity contribution < 1.29 is 19.0 Å². The lowest BCUT2D eigenvalue weighted by Crippen LogP contribution is -2.31. The topological polar surface area (TPSA) is 60.9 Å². The summed E-state index contributed by atoms with van der Waals surface area (Å²) in [5.41, 5.74) is 2.72. The fourth-order valence-corrected chi connectivity index (χ4v) is 3.42. The van der Waals surface area contributed by atoms with Crippen molar-refractivity contribution in [3.05, 3.63) is 77.5 Å². The number of rotatable bonds is 7. The summed E-state index contributed by atoms with van der Waals surface area (Å²) in [6, 6.07) is 17.1. The van der Waals surface area contributed by atoms with Crippen LogP contribution >= 0.6 is 0 Å². The molecule has 6 nitrogen and oxygen atoms in total. The van der Waals surface area contributed by atoms with Gasteiger partial charge in [0, 0.05) is 11.8 Å². The van der Waals surface area contributed by atoms with Crippen LogP contribution in [0.1, 0.15) is 42.3 Å². The highest BCUT2D eigenvalue weighted by Crippen LogP contribution is 2.38. The van der Waals surface area contributed by atoms with Crippen molar-refractivity contribution in [1.29, 1.82) is 0 Å². The molecule has 6 heteroatoms. The molecule has 0 radical (unpaired) electrons. The van der Waals surface area contributed by atoms with Crippen molar-refractivity contribution in [2.45, 2.75) is 32.7 Å². The molecule has 1 aromatic heterocycles. The summed E-state index contributed by atoms with van der Waals surface area (Å²) < 4.78 is 16.2. The summed E-state index contributed by atoms with van der Waals surface area (Å²) in [4.78, 5) is 19.7. The molecule has 0 saturated carbocycles. The number of hydrogen-bond acceptors (Lipinski definition) is 5. The zero-order valence-corrected chi connectivity index (χ0v) is 19.5. The number of aromatic nitrogens is 1. The van der Waals surface area contributed by atoms with E-state index in [1.54, 1.807) is 23.2 Å². The summed E-state index contributed by atoms with van der Waals surface area (Å²) in [6.07, 6.45) is 1.67. The second-order valence-corrected chi connectivity index (χ2v) is 8.44. The third kappa shape index (κ3) is 5.02. The van der Waals surface area contributed by atoms with Gasteiger partial charge in [-0.2, -0.15) is 0 Å². The summed E-state index contributed by atoms with van der Waals surface area (Å²) in [7, 11) is 4.58. The van der Waals surface area contributed by atoms with Gasteiger partial charge >= 0.3 is 0 Å². The average molecular weight is 435 g/mol. The zero-order chi connectivity index (χ0) is 23.3. The Morgan fingerprint density at radius 3 is 2.00 bits per heavy atom. The highest BCUT2D eigenvalue weighted by molar-refractivity contribution is 6.06. The van der Waals surface area contributed by atoms with Crippen molar-refractivity contribution in [1.82, 2.24) is 4.98 Å². The molecule has 0 bridgehead atoms. The van der Waals surface area contributed by atoms with Gasteiger partial charge < -0.3 is 14.2 Å². The van der Waals surface area contributed by atoms with Crippen LogP contribution in [-0.2, 0) is 12.0 Å². The van der Waals surface area contributed by atoms with Gasteiger partial charge in [0.2, 0.25) is 5.75 Å². The molecule has 0 N–H and O–H groups in total. The lowest BCUT2D eigenvalue weighted by Gasteiger charge is -2.24. The van der Waals surface area contributed by atoms with Crippen molar-refractivity contribution in [2.75, 3.05) is 26.2 Å². The first kappa shape index (κ1) is 23.1. The van der Waals surface area contributed by atoms with Gasteiger partial charge in [0.25, 0.3) is 5.91 Å². The Morgan fingerprint density at radius 2 is 1.53 bits per heavy atom. The monoisotopic (exact) mass is 434 g/mol. The van der Waals surface area contributed by atoms with Crippen molar-refractivity contribution in [3.63, 3.8) is 0 Å². The Morgan fingerprint density at radius 1 is 0.906 bits per heavy atom. The fourth-order valence-electron chi connectivity index (χ4n) is 3.42. The minimum Gasteiger partial charge on any atom is -0.493 e. The SMILES string of the molecule is COc1cc(C(=O)N(Cc2ccc(C(C)(C)C)cc2)c2ccccn2)cc(OC)c1OC. The predicted molar refractivity (Wildman–Crippen MR) is 126 cm³/mol. The number of carbonyl (C=O) groups excluding carboxylic acids is 1. The van der Waals surface area contributed by atoms with Crippen molar-refractivity contribution in [2.24, 2.45) is 0 Å². The van der Waals surface area contributed by atoms with E-state index in [1.165, 1.54) is 26.9 Å². The smallest absolute Gasteiger partial charge is 0.260 e. The van der Waals surface area contributed by atoms with Gasteiger partial charge in [0.05, 0.1) is 27.9 Å². The van der Waals surface area contributed by atoms with Gasteiger partial charge in [0.1, 0.15) is 5.82 Å². The number of pyridine rings is 1. The van der Waals surface area contributed by atoms with Gasteiger partial charge in [-0.3, -0.25) is 9.69 Å². The number of nitrogens with zero attached hydrogens (tertiary/aromatic N) is 2. The van der Waals surface area contributed by atoms with E-state index < -0.39 is 0 Å². The molecule has 2 aromatic carbocycles. The number of amides is 1. The number of anilines is 1. The van der Waals surface area contributed by atoms with E-state index in [9.17, 15) is 4.79 Å². The lowest BCUT2D eigenvalue weighted by atomic mass is 9.87. The Labute approximate surface area is 189 Å². The summed E-state index contributed by atoms with van der Waals surface area (Å²) >= 11 is 0. The third-order valence-corrected chi connectivity index (χ3v) is 5.24. The van der Waals surface area contributed by atoms with Crippen molar-refractivity contribution >= 4 is 11.7 Å². The summed E-state index contributed by atoms with van der Waals surface area (Å²) in [5.74, 6) is 1.62. The quantitative estimate of drug-likeness (QED) is 0.508. The Kier molecular flexibility index (Phi) is 7.03. The van der Waals surface area contributed by atoms with Crippen LogP contribution in [0.15, 0.2) is 60.8 Å². The summed E-state index contributed by atoms with van der Waals surface area (Å²) in [5, 5.41) is 0. The van der Waals surface area contributed by atoms with E-state index in [4.69, 9.17) is 14.2 Å². The second kappa shape index (κ2) is 9.73. The molecule has 168 valence electrons. The predicted octanol–water partition coefficient (Wildman–Crippen LogP) is 5.25. The first-order valence-electron chi connectivity index (χ1n) is 10.4. The van der Waals surface area contributed by atoms with Crippen LogP contribution in [0, 0.1) is 0 Å². The number of benzene rings is 2. The van der Waals surface area contributed by atoms with E-state index in [2.05, 4.69) is 50.0 Å². The molecule has 0 atom stereocenters. The maximum Gasteiger partial charge on any atom is 0.260 e. The lowest BCUT2D eigenvalue weighted by molar-refractivity contribution is 0.0983. The van der Waals surface area contributed by atoms with E-state index in [0.717, 1.165) is 5.56 Å². The normalized spacial score (nSPS) is 11.1. The molecule has 0 saturated heterocycles. The van der Waals surface area contributed by atoms with Gasteiger partial charge in [-0.1, -0.05) is 51.1 Å². The second-order valence-electron chi connectivity index (χ2n) is 8.44. The molecule has 1 amide bonds. The van der Waals surface area contributed by atoms with Gasteiger partial charge in [-0.15, -0.1) is 0 Å². The highest BCUT2D eigenvalue weighted by atomic mass is 16.5. The van der Waals surface area contributed by atoms with Crippen LogP contribution in [-0.4, -0.2) is 32.2 Å². The number of carbonyl (C=O) groups is 1. The Balaban J connectivity index is 2.01. The van der Waals surface area contributed by atoms with E-state index >= 15 is 0 Å². The largest absolute Gasteiger partial charge is 0.493 e. The first-order chi connectivity index (χ1) is 15.3. The standard InChI is InChI=1S/C26H30N2O4/c1-26(2,3)20-12-10-18(11-13-20)17-28(23-9-7-8-14-27-23)25(29)19-15-21(30-4)24(32-6)22(16-19)31-5/h7-16H,17H2,1-6H3. The first-order valence-corrected chi connectivity index (χ1v) is 10.4. The number of hydrogen-bond donors (Lipinski definition) is 0. The average Bonchev–Trinajstić information content (AvgIpc) is 2.81. The molecule has 3 aromatic rings. The van der Waals surface area contributed by atoms with Gasteiger partial charge in [0.15, 0.2) is 11.5 Å². The van der Waals surface area contributed by atoms with E-state index in [1.807, 2.05) is 18.2 Å². The molecular weight excluding hydrogens is 404 g/mol. The molecule has 1 heterocycles. The van der Waals surface area contributed by atoms with Gasteiger partial charge in [-0.25, -0.2) is 4.98 Å². The minimum atomic E-state index is -0.220. The summed E-state index contributed by atoms with van der Waals surface area (Å²) in [6.45, 7) is 6.90. The van der Waals surface area contributed by atoms with Crippen LogP contribution in [0.25, 0.3) is 0 Å². The number of methoxy groups -OCH3 is 3. The zero-order valence-electron chi connectivity index (χ0n) is 19.5. The molecule has 0 unspecified atom stereocenters. The Hall–Kier alpha value is -3.54. The minimum absolute atomic E-state index is 0.0607. The molecule has 0 aliphatic carbocycles. The van der Waals surface area contributed by atoms with Crippen LogP contribution in [0.2, 0.25) is 0 Å². The number of ether oxygens (including phenoxy) is 3. The van der Waals surface area contributed by atoms with E-state index in [-0.39, 0.29) is 11.3 Å². The van der Waals surface area contributed by atoms with Crippen LogP contribution in [0.4, 0.5) is 5.82 Å². The van der Waals surface area contributed by atoms with E-state index in [0.29, 0.717) is 35.2 Å². The molecule has 0 aliphatic rings. The maximum atomic E-state index is 13.6. The van der Waals surface area contributed by atoms with Crippen molar-refractivity contribution in [3.8, 4) is 17.2 Å². The van der Waals surface area contributed by atoms with Crippen LogP contribution < -0.4 is 19.1 Å². The van der Waals surface area contributed by atoms with Crippen LogP contribution in [0.3, 0.4) is 0 Å². The molecule has 3 rings (SSSR count).